The number of hydrogen-bond donors (Lipinski definition) is 4. The van der Waals surface area contributed by atoms with Gasteiger partial charge in [-0.1, -0.05) is 89.5 Å². The molecule has 0 radical (unpaired) electrons. The summed E-state index contributed by atoms with van der Waals surface area (Å²) in [7, 11) is 0. The molecule has 72 heavy (non-hydrogen) atoms. The van der Waals surface area contributed by atoms with Crippen LogP contribution in [-0.2, 0) is 0 Å². The number of aliphatic hydroxyl groups excluding tert-OH is 1. The second kappa shape index (κ2) is 19.3. The molecule has 12 rings (SSSR count). The normalized spacial score (nSPS) is 28.6. The predicted molar refractivity (Wildman–Crippen MR) is 259 cm³/mol. The van der Waals surface area contributed by atoms with Crippen molar-refractivity contribution < 1.29 is 61.0 Å². The molecular formula is C59H58F6O7. The highest BCUT2D eigenvalue weighted by Crippen LogP contribution is 2.61. The molecular weight excluding hydrogens is 935 g/mol. The number of phenols is 3. The topological polar surface area (TPSA) is 109 Å². The van der Waals surface area contributed by atoms with Crippen molar-refractivity contribution in [1.82, 2.24) is 0 Å². The van der Waals surface area contributed by atoms with E-state index in [1.54, 1.807) is 36.4 Å². The second-order valence-electron chi connectivity index (χ2n) is 20.9. The van der Waals surface area contributed by atoms with Crippen LogP contribution in [0, 0.1) is 50.4 Å². The Bertz CT molecular complexity index is 2750. The fraction of sp³-hybridized carbons (Fsp3) is 0.390. The molecule has 0 aromatic heterocycles. The van der Waals surface area contributed by atoms with Crippen LogP contribution >= 0.6 is 0 Å². The zero-order valence-electron chi connectivity index (χ0n) is 40.1. The highest BCUT2D eigenvalue weighted by molar-refractivity contribution is 5.48. The summed E-state index contributed by atoms with van der Waals surface area (Å²) in [5.41, 5.74) is 8.82. The monoisotopic (exact) mass is 992 g/mol. The van der Waals surface area contributed by atoms with Gasteiger partial charge >= 0.3 is 12.4 Å². The van der Waals surface area contributed by atoms with E-state index in [9.17, 15) is 46.8 Å². The first-order chi connectivity index (χ1) is 34.3. The third-order valence-corrected chi connectivity index (χ3v) is 16.1. The first-order valence-corrected chi connectivity index (χ1v) is 24.8. The lowest BCUT2D eigenvalue weighted by Gasteiger charge is -2.36. The molecule has 12 atom stereocenters. The number of phenolic OH excluding ortho intramolecular Hbond substituents is 3. The lowest BCUT2D eigenvalue weighted by atomic mass is 9.80. The van der Waals surface area contributed by atoms with E-state index in [1.807, 2.05) is 68.4 Å². The molecule has 378 valence electrons. The smallest absolute Gasteiger partial charge is 0.391 e. The van der Waals surface area contributed by atoms with Gasteiger partial charge in [-0.05, 0) is 148 Å². The van der Waals surface area contributed by atoms with Gasteiger partial charge in [0.2, 0.25) is 0 Å². The number of aliphatic hydroxyl groups is 1. The van der Waals surface area contributed by atoms with Gasteiger partial charge in [-0.3, -0.25) is 0 Å². The number of ether oxygens (including phenoxy) is 3. The van der Waals surface area contributed by atoms with Gasteiger partial charge in [0.05, 0.1) is 17.9 Å². The van der Waals surface area contributed by atoms with Crippen LogP contribution in [0.4, 0.5) is 26.3 Å². The summed E-state index contributed by atoms with van der Waals surface area (Å²) in [5.74, 6) is -0.788. The summed E-state index contributed by atoms with van der Waals surface area (Å²) < 4.78 is 98.6. The van der Waals surface area contributed by atoms with Gasteiger partial charge in [0.15, 0.2) is 0 Å². The molecule has 6 aromatic carbocycles. The Morgan fingerprint density at radius 1 is 0.389 bits per heavy atom. The Morgan fingerprint density at radius 3 is 0.986 bits per heavy atom. The fourth-order valence-electron chi connectivity index (χ4n) is 12.5. The number of alkyl halides is 6. The second-order valence-corrected chi connectivity index (χ2v) is 20.9. The summed E-state index contributed by atoms with van der Waals surface area (Å²) in [6.07, 6.45) is -7.80. The third-order valence-electron chi connectivity index (χ3n) is 16.1. The first kappa shape index (κ1) is 49.2. The summed E-state index contributed by atoms with van der Waals surface area (Å²) in [4.78, 5) is 0. The molecule has 6 aromatic rings. The number of aromatic hydroxyl groups is 3. The van der Waals surface area contributed by atoms with Crippen LogP contribution in [0.25, 0.3) is 0 Å². The van der Waals surface area contributed by atoms with Crippen molar-refractivity contribution in [3.05, 3.63) is 177 Å². The van der Waals surface area contributed by atoms with Gasteiger partial charge in [0.1, 0.15) is 52.8 Å². The standard InChI is InChI=1S/2C20H19F3O2.C19H20O3/c2*1-11-2-4-12(5-3-11)19-17-9-13(20(21,22)23)8-15(17)16-10-14(24)6-7-18(16)25-19;1-11-2-4-12(5-3-11)19-17-10-14(21)9-15(17)16-8-13(20)6-7-18(16)22-19/h2*2-7,10,13,15,17,19,24H,8-9H2,1H3;2-8,14-15,17,19-21H,9-10H2,1H3/t13-,15+,17+,19+;13-,15-,17-,19-;14-,15-,17-,19-/m011/s1. The van der Waals surface area contributed by atoms with E-state index in [0.717, 1.165) is 52.0 Å². The van der Waals surface area contributed by atoms with Gasteiger partial charge < -0.3 is 34.6 Å². The lowest BCUT2D eigenvalue weighted by Crippen LogP contribution is -2.27. The molecule has 3 fully saturated rings. The third kappa shape index (κ3) is 9.93. The van der Waals surface area contributed by atoms with Gasteiger partial charge in [-0.2, -0.15) is 26.3 Å². The largest absolute Gasteiger partial charge is 0.508 e. The van der Waals surface area contributed by atoms with E-state index in [-0.39, 0.29) is 90.6 Å². The number of rotatable bonds is 3. The number of benzene rings is 6. The fourth-order valence-corrected chi connectivity index (χ4v) is 12.5. The highest BCUT2D eigenvalue weighted by atomic mass is 19.4. The maximum Gasteiger partial charge on any atom is 0.391 e. The predicted octanol–water partition coefficient (Wildman–Crippen LogP) is 14.7. The zero-order chi connectivity index (χ0) is 50.8. The number of hydrogen-bond acceptors (Lipinski definition) is 7. The van der Waals surface area contributed by atoms with Crippen molar-refractivity contribution in [3.63, 3.8) is 0 Å². The van der Waals surface area contributed by atoms with Crippen LogP contribution in [0.3, 0.4) is 0 Å². The summed E-state index contributed by atoms with van der Waals surface area (Å²) >= 11 is 0. The molecule has 4 N–H and O–H groups in total. The first-order valence-electron chi connectivity index (χ1n) is 24.8. The highest BCUT2D eigenvalue weighted by Gasteiger charge is 2.55. The van der Waals surface area contributed by atoms with Gasteiger partial charge in [0, 0.05) is 34.4 Å². The molecule has 0 spiro atoms. The average Bonchev–Trinajstić information content (AvgIpc) is 4.11. The number of halogens is 6. The van der Waals surface area contributed by atoms with Crippen molar-refractivity contribution in [2.75, 3.05) is 0 Å². The average molecular weight is 993 g/mol. The minimum Gasteiger partial charge on any atom is -0.508 e. The SMILES string of the molecule is Cc1ccc([C@H]2Oc3ccc(O)cc3[C@H]3C[C@@H](C(F)(F)F)C[C@H]32)cc1.Cc1ccc([C@H]2Oc3ccc(O)cc3[C@H]3C[C@@H](O)C[C@H]32)cc1.Cc1ccc([C@H]2Oc3ccc(O)cc3[C@H]3C[C@H](C(F)(F)F)C[C@H]32)cc1. The lowest BCUT2D eigenvalue weighted by molar-refractivity contribution is -0.174. The van der Waals surface area contributed by atoms with Crippen molar-refractivity contribution >= 4 is 0 Å². The van der Waals surface area contributed by atoms with E-state index in [2.05, 4.69) is 31.2 Å². The molecule has 0 bridgehead atoms. The van der Waals surface area contributed by atoms with E-state index < -0.39 is 36.4 Å². The Kier molecular flexibility index (Phi) is 13.2. The summed E-state index contributed by atoms with van der Waals surface area (Å²) in [5, 5.41) is 39.5. The van der Waals surface area contributed by atoms with Gasteiger partial charge in [-0.15, -0.1) is 0 Å². The minimum absolute atomic E-state index is 0.0280. The molecule has 6 aliphatic rings. The van der Waals surface area contributed by atoms with Crippen LogP contribution < -0.4 is 14.2 Å². The number of aryl methyl sites for hydroxylation is 3. The molecule has 3 heterocycles. The molecule has 13 heteroatoms. The Morgan fingerprint density at radius 2 is 0.681 bits per heavy atom. The van der Waals surface area contributed by atoms with Crippen molar-refractivity contribution in [3.8, 4) is 34.5 Å². The maximum atomic E-state index is 13.3. The van der Waals surface area contributed by atoms with Crippen molar-refractivity contribution in [2.45, 2.75) is 114 Å². The van der Waals surface area contributed by atoms with Gasteiger partial charge in [-0.25, -0.2) is 0 Å². The number of fused-ring (bicyclic) bond motifs is 9. The van der Waals surface area contributed by atoms with E-state index in [0.29, 0.717) is 22.6 Å². The molecule has 7 nitrogen and oxygen atoms in total. The quantitative estimate of drug-likeness (QED) is 0.131. The minimum atomic E-state index is -4.20. The Balaban J connectivity index is 0.000000125. The maximum absolute atomic E-state index is 13.3. The Hall–Kier alpha value is -6.34. The van der Waals surface area contributed by atoms with Crippen molar-refractivity contribution in [2.24, 2.45) is 29.6 Å². The molecule has 0 saturated heterocycles. The van der Waals surface area contributed by atoms with Crippen LogP contribution in [0.5, 0.6) is 34.5 Å². The van der Waals surface area contributed by atoms with Crippen LogP contribution in [-0.4, -0.2) is 38.9 Å². The molecule has 3 saturated carbocycles. The summed E-state index contributed by atoms with van der Waals surface area (Å²) in [6.45, 7) is 6.02. The van der Waals surface area contributed by atoms with E-state index in [1.165, 1.54) is 17.7 Å². The van der Waals surface area contributed by atoms with Crippen LogP contribution in [0.15, 0.2) is 127 Å². The van der Waals surface area contributed by atoms with Crippen LogP contribution in [0.1, 0.15) is 125 Å². The molecule has 3 aliphatic heterocycles. The molecule has 0 amide bonds. The van der Waals surface area contributed by atoms with E-state index >= 15 is 0 Å². The summed E-state index contributed by atoms with van der Waals surface area (Å²) in [6, 6.07) is 38.7. The van der Waals surface area contributed by atoms with Gasteiger partial charge in [0.25, 0.3) is 0 Å². The Labute approximate surface area is 415 Å². The van der Waals surface area contributed by atoms with Crippen LogP contribution in [0.2, 0.25) is 0 Å². The van der Waals surface area contributed by atoms with E-state index in [4.69, 9.17) is 14.2 Å². The zero-order valence-corrected chi connectivity index (χ0v) is 40.1. The molecule has 3 aliphatic carbocycles. The van der Waals surface area contributed by atoms with Crippen molar-refractivity contribution in [1.29, 1.82) is 0 Å². The molecule has 0 unspecified atom stereocenters.